The number of aromatic nitrogens is 2. The van der Waals surface area contributed by atoms with Crippen LogP contribution < -0.4 is 10.6 Å². The molecule has 1 atom stereocenters. The molecule has 0 saturated heterocycles. The maximum atomic E-state index is 9.59. The molecule has 1 aromatic rings. The van der Waals surface area contributed by atoms with Gasteiger partial charge in [0.1, 0.15) is 5.82 Å². The van der Waals surface area contributed by atoms with Crippen molar-refractivity contribution in [2.45, 2.75) is 20.0 Å². The summed E-state index contributed by atoms with van der Waals surface area (Å²) in [5.41, 5.74) is 0. The van der Waals surface area contributed by atoms with Crippen LogP contribution in [-0.2, 0) is 0 Å². The Kier molecular flexibility index (Phi) is 4.30. The van der Waals surface area contributed by atoms with Crippen LogP contribution in [0.4, 0.5) is 11.8 Å². The minimum Gasteiger partial charge on any atom is -0.391 e. The summed E-state index contributed by atoms with van der Waals surface area (Å²) in [5, 5.41) is 15.5. The first-order valence-corrected chi connectivity index (χ1v) is 5.06. The van der Waals surface area contributed by atoms with Gasteiger partial charge in [0, 0.05) is 19.8 Å². The highest BCUT2D eigenvalue weighted by Crippen LogP contribution is 2.07. The van der Waals surface area contributed by atoms with E-state index in [1.54, 1.807) is 19.3 Å². The third kappa shape index (κ3) is 3.71. The van der Waals surface area contributed by atoms with Crippen molar-refractivity contribution in [3.05, 3.63) is 12.3 Å². The molecule has 1 aromatic heterocycles. The molecule has 0 aliphatic heterocycles. The molecule has 0 spiro atoms. The monoisotopic (exact) mass is 210 g/mol. The lowest BCUT2D eigenvalue weighted by atomic mass is 10.1. The van der Waals surface area contributed by atoms with E-state index in [-0.39, 0.29) is 12.0 Å². The van der Waals surface area contributed by atoms with Crippen LogP contribution in [0.3, 0.4) is 0 Å². The van der Waals surface area contributed by atoms with Gasteiger partial charge in [-0.3, -0.25) is 0 Å². The van der Waals surface area contributed by atoms with E-state index in [1.165, 1.54) is 0 Å². The number of nitrogens with zero attached hydrogens (tertiary/aromatic N) is 2. The fraction of sp³-hybridized carbons (Fsp3) is 0.600. The second-order valence-corrected chi connectivity index (χ2v) is 3.71. The second-order valence-electron chi connectivity index (χ2n) is 3.71. The summed E-state index contributed by atoms with van der Waals surface area (Å²) in [4.78, 5) is 8.17. The van der Waals surface area contributed by atoms with Crippen LogP contribution in [0.25, 0.3) is 0 Å². The SMILES string of the molecule is CNc1nccc(NCC(O)C(C)C)n1. The van der Waals surface area contributed by atoms with Gasteiger partial charge in [-0.2, -0.15) is 4.98 Å². The van der Waals surface area contributed by atoms with Gasteiger partial charge in [0.15, 0.2) is 0 Å². The topological polar surface area (TPSA) is 70.1 Å². The van der Waals surface area contributed by atoms with Gasteiger partial charge in [-0.25, -0.2) is 4.98 Å². The summed E-state index contributed by atoms with van der Waals surface area (Å²) in [5.74, 6) is 1.52. The first-order chi connectivity index (χ1) is 7.13. The van der Waals surface area contributed by atoms with E-state index in [9.17, 15) is 5.11 Å². The first-order valence-electron chi connectivity index (χ1n) is 5.06. The van der Waals surface area contributed by atoms with E-state index < -0.39 is 0 Å². The van der Waals surface area contributed by atoms with Crippen LogP contribution in [0.2, 0.25) is 0 Å². The maximum absolute atomic E-state index is 9.59. The van der Waals surface area contributed by atoms with Gasteiger partial charge in [0.25, 0.3) is 0 Å². The molecular formula is C10H18N4O. The zero-order chi connectivity index (χ0) is 11.3. The fourth-order valence-corrected chi connectivity index (χ4v) is 1.02. The Hall–Kier alpha value is -1.36. The third-order valence-electron chi connectivity index (χ3n) is 2.14. The fourth-order valence-electron chi connectivity index (χ4n) is 1.02. The van der Waals surface area contributed by atoms with Gasteiger partial charge in [0.05, 0.1) is 6.10 Å². The van der Waals surface area contributed by atoms with Gasteiger partial charge < -0.3 is 15.7 Å². The van der Waals surface area contributed by atoms with E-state index in [0.29, 0.717) is 18.3 Å². The van der Waals surface area contributed by atoms with Gasteiger partial charge in [-0.05, 0) is 12.0 Å². The molecule has 1 unspecified atom stereocenters. The number of rotatable bonds is 5. The maximum Gasteiger partial charge on any atom is 0.224 e. The summed E-state index contributed by atoms with van der Waals surface area (Å²) in [6.07, 6.45) is 1.31. The molecule has 0 radical (unpaired) electrons. The van der Waals surface area contributed by atoms with Crippen LogP contribution in [0.5, 0.6) is 0 Å². The van der Waals surface area contributed by atoms with Gasteiger partial charge in [-0.15, -0.1) is 0 Å². The van der Waals surface area contributed by atoms with E-state index >= 15 is 0 Å². The van der Waals surface area contributed by atoms with Gasteiger partial charge in [0.2, 0.25) is 5.95 Å². The van der Waals surface area contributed by atoms with Crippen molar-refractivity contribution in [2.24, 2.45) is 5.92 Å². The molecule has 0 bridgehead atoms. The Morgan fingerprint density at radius 2 is 2.20 bits per heavy atom. The van der Waals surface area contributed by atoms with Crippen molar-refractivity contribution in [1.82, 2.24) is 9.97 Å². The molecule has 0 saturated carbocycles. The first kappa shape index (κ1) is 11.7. The summed E-state index contributed by atoms with van der Waals surface area (Å²) >= 11 is 0. The molecule has 0 aliphatic carbocycles. The lowest BCUT2D eigenvalue weighted by Crippen LogP contribution is -2.25. The van der Waals surface area contributed by atoms with Crippen molar-refractivity contribution in [3.8, 4) is 0 Å². The van der Waals surface area contributed by atoms with E-state index in [0.717, 1.165) is 0 Å². The molecule has 3 N–H and O–H groups in total. The number of aliphatic hydroxyl groups excluding tert-OH is 1. The van der Waals surface area contributed by atoms with Gasteiger partial charge >= 0.3 is 0 Å². The zero-order valence-electron chi connectivity index (χ0n) is 9.36. The highest BCUT2D eigenvalue weighted by atomic mass is 16.3. The number of hydrogen-bond acceptors (Lipinski definition) is 5. The van der Waals surface area contributed by atoms with Crippen molar-refractivity contribution < 1.29 is 5.11 Å². The Morgan fingerprint density at radius 3 is 2.80 bits per heavy atom. The molecule has 0 aromatic carbocycles. The lowest BCUT2D eigenvalue weighted by molar-refractivity contribution is 0.138. The van der Waals surface area contributed by atoms with Crippen LogP contribution in [0.15, 0.2) is 12.3 Å². The van der Waals surface area contributed by atoms with Crippen molar-refractivity contribution >= 4 is 11.8 Å². The average Bonchev–Trinajstić information content (AvgIpc) is 2.26. The Morgan fingerprint density at radius 1 is 1.47 bits per heavy atom. The molecule has 5 nitrogen and oxygen atoms in total. The molecule has 15 heavy (non-hydrogen) atoms. The quantitative estimate of drug-likeness (QED) is 0.675. The van der Waals surface area contributed by atoms with Gasteiger partial charge in [-0.1, -0.05) is 13.8 Å². The molecule has 0 amide bonds. The molecule has 0 fully saturated rings. The zero-order valence-corrected chi connectivity index (χ0v) is 9.36. The number of hydrogen-bond donors (Lipinski definition) is 3. The minimum atomic E-state index is -0.363. The minimum absolute atomic E-state index is 0.239. The van der Waals surface area contributed by atoms with E-state index in [1.807, 2.05) is 13.8 Å². The molecule has 5 heteroatoms. The Bertz CT molecular complexity index is 303. The van der Waals surface area contributed by atoms with Crippen LogP contribution in [0.1, 0.15) is 13.8 Å². The standard InChI is InChI=1S/C10H18N4O/c1-7(2)8(15)6-13-9-4-5-12-10(11-3)14-9/h4-5,7-8,15H,6H2,1-3H3,(H2,11,12,13,14). The van der Waals surface area contributed by atoms with E-state index in [4.69, 9.17) is 0 Å². The summed E-state index contributed by atoms with van der Waals surface area (Å²) in [7, 11) is 1.77. The summed E-state index contributed by atoms with van der Waals surface area (Å²) < 4.78 is 0. The highest BCUT2D eigenvalue weighted by Gasteiger charge is 2.08. The molecular weight excluding hydrogens is 192 g/mol. The smallest absolute Gasteiger partial charge is 0.224 e. The molecule has 0 aliphatic rings. The summed E-state index contributed by atoms with van der Waals surface area (Å²) in [6.45, 7) is 4.45. The predicted octanol–water partition coefficient (Wildman–Crippen LogP) is 0.947. The Labute approximate surface area is 90.0 Å². The largest absolute Gasteiger partial charge is 0.391 e. The van der Waals surface area contributed by atoms with E-state index in [2.05, 4.69) is 20.6 Å². The second kappa shape index (κ2) is 5.50. The summed E-state index contributed by atoms with van der Waals surface area (Å²) in [6, 6.07) is 1.77. The normalized spacial score (nSPS) is 12.6. The number of anilines is 2. The number of nitrogens with one attached hydrogen (secondary N) is 2. The van der Waals surface area contributed by atoms with Crippen molar-refractivity contribution in [2.75, 3.05) is 24.2 Å². The highest BCUT2D eigenvalue weighted by molar-refractivity contribution is 5.39. The van der Waals surface area contributed by atoms with Crippen LogP contribution in [-0.4, -0.2) is 34.8 Å². The van der Waals surface area contributed by atoms with Crippen molar-refractivity contribution in [3.63, 3.8) is 0 Å². The average molecular weight is 210 g/mol. The molecule has 1 rings (SSSR count). The lowest BCUT2D eigenvalue weighted by Gasteiger charge is -2.15. The third-order valence-corrected chi connectivity index (χ3v) is 2.14. The molecule has 1 heterocycles. The van der Waals surface area contributed by atoms with Crippen LogP contribution in [0, 0.1) is 5.92 Å². The van der Waals surface area contributed by atoms with Crippen molar-refractivity contribution in [1.29, 1.82) is 0 Å². The Balaban J connectivity index is 2.50. The predicted molar refractivity (Wildman–Crippen MR) is 60.9 cm³/mol. The van der Waals surface area contributed by atoms with Crippen LogP contribution >= 0.6 is 0 Å². The number of aliphatic hydroxyl groups is 1. The molecule has 84 valence electrons.